The van der Waals surface area contributed by atoms with Crippen LogP contribution < -0.4 is 0 Å². The topological polar surface area (TPSA) is 59.2 Å². The minimum atomic E-state index is -4.72. The molecule has 0 spiro atoms. The van der Waals surface area contributed by atoms with Gasteiger partial charge in [0.1, 0.15) is 0 Å². The Balaban J connectivity index is 1.62. The molecule has 1 fully saturated rings. The molecule has 3 rings (SSSR count). The summed E-state index contributed by atoms with van der Waals surface area (Å²) >= 11 is 0. The molecule has 0 bridgehead atoms. The molecule has 27 heavy (non-hydrogen) atoms. The van der Waals surface area contributed by atoms with Crippen LogP contribution in [0.2, 0.25) is 0 Å². The zero-order valence-corrected chi connectivity index (χ0v) is 13.6. The van der Waals surface area contributed by atoms with Gasteiger partial charge in [-0.3, -0.25) is 4.79 Å². The Bertz CT molecular complexity index is 805. The van der Waals surface area contributed by atoms with Crippen LogP contribution in [0.4, 0.5) is 26.3 Å². The van der Waals surface area contributed by atoms with Gasteiger partial charge in [-0.05, 0) is 37.1 Å². The van der Waals surface area contributed by atoms with Crippen LogP contribution in [0.1, 0.15) is 46.5 Å². The second kappa shape index (κ2) is 6.86. The number of carbonyl (C=O) groups excluding carboxylic acids is 1. The molecule has 2 aromatic rings. The fourth-order valence-corrected chi connectivity index (χ4v) is 2.83. The smallest absolute Gasteiger partial charge is 0.417 e. The minimum absolute atomic E-state index is 0.110. The van der Waals surface area contributed by atoms with E-state index in [4.69, 9.17) is 0 Å². The van der Waals surface area contributed by atoms with Crippen molar-refractivity contribution in [2.75, 3.05) is 13.1 Å². The van der Waals surface area contributed by atoms with Crippen LogP contribution in [0.5, 0.6) is 0 Å². The van der Waals surface area contributed by atoms with Crippen molar-refractivity contribution < 1.29 is 35.6 Å². The molecule has 1 aromatic carbocycles. The van der Waals surface area contributed by atoms with E-state index in [2.05, 4.69) is 14.6 Å². The lowest BCUT2D eigenvalue weighted by atomic mass is 9.96. The number of halogens is 6. The van der Waals surface area contributed by atoms with Crippen molar-refractivity contribution in [1.82, 2.24) is 15.1 Å². The highest BCUT2D eigenvalue weighted by atomic mass is 19.4. The van der Waals surface area contributed by atoms with E-state index in [1.807, 2.05) is 0 Å². The maximum Gasteiger partial charge on any atom is 0.470 e. The Labute approximate surface area is 149 Å². The normalized spacial score (nSPS) is 16.6. The predicted molar refractivity (Wildman–Crippen MR) is 78.6 cm³/mol. The van der Waals surface area contributed by atoms with E-state index in [-0.39, 0.29) is 24.5 Å². The SMILES string of the molecule is O=C(c1ccc(C(F)(F)F)cc1)N1CCC(c2nnc(C(F)(F)F)o2)CC1. The lowest BCUT2D eigenvalue weighted by Gasteiger charge is -2.30. The first-order valence-electron chi connectivity index (χ1n) is 7.93. The summed E-state index contributed by atoms with van der Waals surface area (Å²) in [5.74, 6) is -2.40. The first kappa shape index (κ1) is 19.2. The number of benzene rings is 1. The fourth-order valence-electron chi connectivity index (χ4n) is 2.83. The summed E-state index contributed by atoms with van der Waals surface area (Å²) in [6.07, 6.45) is -8.58. The van der Waals surface area contributed by atoms with E-state index in [1.165, 1.54) is 4.90 Å². The number of amides is 1. The zero-order valence-electron chi connectivity index (χ0n) is 13.6. The molecule has 2 heterocycles. The van der Waals surface area contributed by atoms with Crippen molar-refractivity contribution in [3.63, 3.8) is 0 Å². The second-order valence-corrected chi connectivity index (χ2v) is 6.08. The Morgan fingerprint density at radius 3 is 2.04 bits per heavy atom. The maximum atomic E-state index is 12.6. The zero-order chi connectivity index (χ0) is 19.8. The Morgan fingerprint density at radius 2 is 1.56 bits per heavy atom. The largest absolute Gasteiger partial charge is 0.470 e. The van der Waals surface area contributed by atoms with Crippen LogP contribution >= 0.6 is 0 Å². The van der Waals surface area contributed by atoms with Crippen molar-refractivity contribution in [2.45, 2.75) is 31.1 Å². The van der Waals surface area contributed by atoms with Crippen LogP contribution in [0.25, 0.3) is 0 Å². The van der Waals surface area contributed by atoms with Gasteiger partial charge in [-0.2, -0.15) is 26.3 Å². The van der Waals surface area contributed by atoms with Crippen LogP contribution in [0.3, 0.4) is 0 Å². The fraction of sp³-hybridized carbons (Fsp3) is 0.438. The number of aromatic nitrogens is 2. The van der Waals surface area contributed by atoms with Gasteiger partial charge in [-0.15, -0.1) is 10.2 Å². The third kappa shape index (κ3) is 4.22. The van der Waals surface area contributed by atoms with Crippen molar-refractivity contribution in [3.05, 3.63) is 47.2 Å². The van der Waals surface area contributed by atoms with Gasteiger partial charge in [0.15, 0.2) is 0 Å². The number of likely N-dealkylation sites (tertiary alicyclic amines) is 1. The first-order valence-corrected chi connectivity index (χ1v) is 7.93. The van der Waals surface area contributed by atoms with E-state index in [0.29, 0.717) is 12.8 Å². The van der Waals surface area contributed by atoms with Crippen molar-refractivity contribution >= 4 is 5.91 Å². The second-order valence-electron chi connectivity index (χ2n) is 6.08. The first-order chi connectivity index (χ1) is 12.6. The lowest BCUT2D eigenvalue weighted by Crippen LogP contribution is -2.38. The van der Waals surface area contributed by atoms with Gasteiger partial charge in [-0.25, -0.2) is 0 Å². The molecular weight excluding hydrogens is 380 g/mol. The summed E-state index contributed by atoms with van der Waals surface area (Å²) in [5.41, 5.74) is -0.742. The van der Waals surface area contributed by atoms with E-state index in [0.717, 1.165) is 24.3 Å². The molecule has 0 atom stereocenters. The summed E-state index contributed by atoms with van der Waals surface area (Å²) in [7, 11) is 0. The molecule has 1 aliphatic rings. The highest BCUT2D eigenvalue weighted by Gasteiger charge is 2.39. The lowest BCUT2D eigenvalue weighted by molar-refractivity contribution is -0.157. The minimum Gasteiger partial charge on any atom is -0.417 e. The molecule has 1 aromatic heterocycles. The molecule has 146 valence electrons. The number of hydrogen-bond acceptors (Lipinski definition) is 4. The quantitative estimate of drug-likeness (QED) is 0.720. The molecule has 1 aliphatic heterocycles. The summed E-state index contributed by atoms with van der Waals surface area (Å²) in [5, 5.41) is 6.40. The molecule has 0 N–H and O–H groups in total. The summed E-state index contributed by atoms with van der Waals surface area (Å²) in [6.45, 7) is 0.433. The highest BCUT2D eigenvalue weighted by Crippen LogP contribution is 2.33. The predicted octanol–water partition coefficient (Wildman–Crippen LogP) is 4.13. The van der Waals surface area contributed by atoms with Crippen molar-refractivity contribution in [2.24, 2.45) is 0 Å². The average Bonchev–Trinajstić information content (AvgIpc) is 3.11. The van der Waals surface area contributed by atoms with E-state index in [1.54, 1.807) is 0 Å². The molecule has 11 heteroatoms. The third-order valence-electron chi connectivity index (χ3n) is 4.27. The molecule has 5 nitrogen and oxygen atoms in total. The van der Waals surface area contributed by atoms with Gasteiger partial charge in [0.2, 0.25) is 5.89 Å². The van der Waals surface area contributed by atoms with Crippen LogP contribution in [0, 0.1) is 0 Å². The Kier molecular flexibility index (Phi) is 4.87. The van der Waals surface area contributed by atoms with Gasteiger partial charge < -0.3 is 9.32 Å². The number of rotatable bonds is 2. The van der Waals surface area contributed by atoms with Gasteiger partial charge >= 0.3 is 18.2 Å². The Hall–Kier alpha value is -2.59. The summed E-state index contributed by atoms with van der Waals surface area (Å²) < 4.78 is 79.9. The number of alkyl halides is 6. The number of hydrogen-bond donors (Lipinski definition) is 0. The van der Waals surface area contributed by atoms with Crippen molar-refractivity contribution in [3.8, 4) is 0 Å². The number of carbonyl (C=O) groups is 1. The van der Waals surface area contributed by atoms with Crippen molar-refractivity contribution in [1.29, 1.82) is 0 Å². The third-order valence-corrected chi connectivity index (χ3v) is 4.27. The highest BCUT2D eigenvalue weighted by molar-refractivity contribution is 5.94. The molecule has 1 amide bonds. The molecule has 0 radical (unpaired) electrons. The van der Waals surface area contributed by atoms with E-state index < -0.39 is 35.6 Å². The van der Waals surface area contributed by atoms with Crippen LogP contribution in [0.15, 0.2) is 28.7 Å². The molecule has 0 aliphatic carbocycles. The van der Waals surface area contributed by atoms with Gasteiger partial charge in [0.25, 0.3) is 5.91 Å². The average molecular weight is 393 g/mol. The molecule has 0 saturated carbocycles. The van der Waals surface area contributed by atoms with E-state index in [9.17, 15) is 31.1 Å². The Morgan fingerprint density at radius 1 is 0.963 bits per heavy atom. The van der Waals surface area contributed by atoms with Gasteiger partial charge in [0, 0.05) is 24.6 Å². The van der Waals surface area contributed by atoms with Crippen LogP contribution in [-0.4, -0.2) is 34.1 Å². The standard InChI is InChI=1S/C16H13F6N3O2/c17-15(18,19)11-3-1-10(2-4-11)13(26)25-7-5-9(6-8-25)12-23-24-14(27-12)16(20,21)22/h1-4,9H,5-8H2. The van der Waals surface area contributed by atoms with E-state index >= 15 is 0 Å². The van der Waals surface area contributed by atoms with Crippen LogP contribution in [-0.2, 0) is 12.4 Å². The molecule has 1 saturated heterocycles. The monoisotopic (exact) mass is 393 g/mol. The van der Waals surface area contributed by atoms with Gasteiger partial charge in [0.05, 0.1) is 5.56 Å². The molecule has 0 unspecified atom stereocenters. The molecular formula is C16H13F6N3O2. The maximum absolute atomic E-state index is 12.6. The number of piperidine rings is 1. The summed E-state index contributed by atoms with van der Waals surface area (Å²) in [4.78, 5) is 13.8. The van der Waals surface area contributed by atoms with Gasteiger partial charge in [-0.1, -0.05) is 0 Å². The summed E-state index contributed by atoms with van der Waals surface area (Å²) in [6, 6.07) is 3.86. The number of nitrogens with zero attached hydrogens (tertiary/aromatic N) is 3.